The molecule has 2 unspecified atom stereocenters. The fourth-order valence-electron chi connectivity index (χ4n) is 0.225. The minimum absolute atomic E-state index is 0.0224. The number of hydrogen-bond acceptors (Lipinski definition) is 0. The first kappa shape index (κ1) is 9.58. The van der Waals surface area contributed by atoms with E-state index in [0.717, 1.165) is 4.73 Å². The Labute approximate surface area is 76.3 Å². The van der Waals surface area contributed by atoms with Crippen molar-refractivity contribution in [2.75, 3.05) is 5.88 Å². The second kappa shape index (κ2) is 5.38. The van der Waals surface area contributed by atoms with Crippen molar-refractivity contribution in [3.63, 3.8) is 0 Å². The molecule has 0 radical (unpaired) electrons. The molecule has 0 saturated heterocycles. The van der Waals surface area contributed by atoms with Crippen LogP contribution in [0.4, 0.5) is 0 Å². The third-order valence-corrected chi connectivity index (χ3v) is 3.36. The fourth-order valence-corrected chi connectivity index (χ4v) is 1.39. The summed E-state index contributed by atoms with van der Waals surface area (Å²) in [5.74, 6) is 0.434. The van der Waals surface area contributed by atoms with Crippen molar-refractivity contribution in [2.45, 2.75) is 15.5 Å². The van der Waals surface area contributed by atoms with Gasteiger partial charge in [0.15, 0.2) is 0 Å². The van der Waals surface area contributed by atoms with Crippen LogP contribution in [0.1, 0.15) is 0 Å². The molecule has 0 fully saturated rings. The average Bonchev–Trinajstić information content (AvgIpc) is 1.84. The minimum atomic E-state index is -0.0802. The summed E-state index contributed by atoms with van der Waals surface area (Å²) in [4.78, 5) is 0. The van der Waals surface area contributed by atoms with E-state index in [0.29, 0.717) is 5.88 Å². The zero-order valence-corrected chi connectivity index (χ0v) is 8.03. The maximum atomic E-state index is 5.70. The molecule has 0 N–H and O–H groups in total. The third-order valence-electron chi connectivity index (χ3n) is 0.735. The molecule has 0 heterocycles. The first-order chi connectivity index (χ1) is 3.72. The molecule has 8 heavy (non-hydrogen) atoms. The Kier molecular flexibility index (Phi) is 6.44. The van der Waals surface area contributed by atoms with Crippen molar-refractivity contribution in [1.29, 1.82) is 0 Å². The Balaban J connectivity index is 3.29. The first-order valence-electron chi connectivity index (χ1n) is 2.21. The summed E-state index contributed by atoms with van der Waals surface area (Å²) < 4.78 is 0.877. The monoisotopic (exact) mass is 207 g/mol. The van der Waals surface area contributed by atoms with Crippen LogP contribution in [0.15, 0.2) is 0 Å². The SMILES string of the molecule is ClCC(Cl)C(Cl)[CH2][Ti]. The third kappa shape index (κ3) is 3.58. The zero-order valence-electron chi connectivity index (χ0n) is 4.20. The van der Waals surface area contributed by atoms with Crippen molar-refractivity contribution >= 4 is 34.8 Å². The van der Waals surface area contributed by atoms with Gasteiger partial charge >= 0.3 is 76.6 Å². The van der Waals surface area contributed by atoms with E-state index in [2.05, 4.69) is 0 Å². The van der Waals surface area contributed by atoms with Gasteiger partial charge in [-0.05, 0) is 0 Å². The van der Waals surface area contributed by atoms with E-state index >= 15 is 0 Å². The van der Waals surface area contributed by atoms with E-state index in [-0.39, 0.29) is 10.8 Å². The quantitative estimate of drug-likeness (QED) is 0.493. The molecular weight excluding hydrogens is 202 g/mol. The fraction of sp³-hybridized carbons (Fsp3) is 1.00. The van der Waals surface area contributed by atoms with Gasteiger partial charge in [0.05, 0.1) is 0 Å². The molecule has 0 amide bonds. The van der Waals surface area contributed by atoms with Crippen LogP contribution in [0.2, 0.25) is 4.73 Å². The second-order valence-electron chi connectivity index (χ2n) is 1.39. The van der Waals surface area contributed by atoms with Crippen LogP contribution in [0.5, 0.6) is 0 Å². The molecule has 0 aliphatic rings. The van der Waals surface area contributed by atoms with Gasteiger partial charge in [0.25, 0.3) is 0 Å². The van der Waals surface area contributed by atoms with Gasteiger partial charge in [-0.25, -0.2) is 0 Å². The van der Waals surface area contributed by atoms with Crippen molar-refractivity contribution < 1.29 is 20.4 Å². The van der Waals surface area contributed by atoms with Crippen LogP contribution in [0.3, 0.4) is 0 Å². The van der Waals surface area contributed by atoms with Gasteiger partial charge in [-0.3, -0.25) is 0 Å². The van der Waals surface area contributed by atoms with E-state index in [4.69, 9.17) is 34.8 Å². The summed E-state index contributed by atoms with van der Waals surface area (Å²) >= 11 is 18.7. The average molecular weight is 208 g/mol. The molecule has 0 spiro atoms. The number of alkyl halides is 3. The van der Waals surface area contributed by atoms with Gasteiger partial charge < -0.3 is 0 Å². The normalized spacial score (nSPS) is 17.8. The number of halogens is 3. The van der Waals surface area contributed by atoms with Crippen molar-refractivity contribution in [2.24, 2.45) is 0 Å². The molecule has 0 aliphatic heterocycles. The van der Waals surface area contributed by atoms with E-state index in [9.17, 15) is 0 Å². The van der Waals surface area contributed by atoms with Gasteiger partial charge in [0.1, 0.15) is 0 Å². The summed E-state index contributed by atoms with van der Waals surface area (Å²) in [5.41, 5.74) is 0. The predicted octanol–water partition coefficient (Wildman–Crippen LogP) is 2.41. The summed E-state index contributed by atoms with van der Waals surface area (Å²) in [6.45, 7) is 0. The topological polar surface area (TPSA) is 0 Å². The van der Waals surface area contributed by atoms with Gasteiger partial charge in [-0.1, -0.05) is 0 Å². The molecule has 47 valence electrons. The number of hydrogen-bond donors (Lipinski definition) is 0. The Bertz CT molecular complexity index is 51.2. The summed E-state index contributed by atoms with van der Waals surface area (Å²) in [7, 11) is 0. The Hall–Kier alpha value is 1.58. The van der Waals surface area contributed by atoms with Gasteiger partial charge in [0, 0.05) is 0 Å². The molecule has 0 bridgehead atoms. The van der Waals surface area contributed by atoms with E-state index < -0.39 is 0 Å². The van der Waals surface area contributed by atoms with Gasteiger partial charge in [-0.2, -0.15) is 0 Å². The summed E-state index contributed by atoms with van der Waals surface area (Å²) in [6.07, 6.45) is 0. The van der Waals surface area contributed by atoms with E-state index in [1.165, 1.54) is 0 Å². The van der Waals surface area contributed by atoms with Crippen LogP contribution in [-0.4, -0.2) is 16.6 Å². The Morgan fingerprint density at radius 1 is 1.25 bits per heavy atom. The first-order valence-corrected chi connectivity index (χ1v) is 4.72. The summed E-state index contributed by atoms with van der Waals surface area (Å²) in [5, 5.41) is -0.0579. The summed E-state index contributed by atoms with van der Waals surface area (Å²) in [6, 6.07) is 0. The molecule has 0 saturated carbocycles. The standard InChI is InChI=1S/C4H6Cl3.Ti/c1-3(6)4(7)2-5;/h3-4H,1-2H2;. The molecule has 0 rings (SSSR count). The molecule has 0 aromatic heterocycles. The zero-order chi connectivity index (χ0) is 6.57. The molecular formula is C4H6Cl3Ti. The van der Waals surface area contributed by atoms with Gasteiger partial charge in [0.2, 0.25) is 0 Å². The Morgan fingerprint density at radius 3 is 1.88 bits per heavy atom. The van der Waals surface area contributed by atoms with E-state index in [1.54, 1.807) is 0 Å². The maximum absolute atomic E-state index is 5.70. The van der Waals surface area contributed by atoms with Crippen LogP contribution in [-0.2, 0) is 20.4 Å². The van der Waals surface area contributed by atoms with Gasteiger partial charge in [-0.15, -0.1) is 0 Å². The predicted molar refractivity (Wildman–Crippen MR) is 34.8 cm³/mol. The molecule has 0 nitrogen and oxygen atoms in total. The molecule has 0 aliphatic carbocycles. The van der Waals surface area contributed by atoms with Crippen LogP contribution in [0, 0.1) is 0 Å². The molecule has 0 aromatic carbocycles. The van der Waals surface area contributed by atoms with Crippen molar-refractivity contribution in [3.8, 4) is 0 Å². The molecule has 2 atom stereocenters. The van der Waals surface area contributed by atoms with E-state index in [1.807, 2.05) is 20.4 Å². The molecule has 0 aromatic rings. The second-order valence-corrected chi connectivity index (χ2v) is 3.46. The van der Waals surface area contributed by atoms with Crippen LogP contribution >= 0.6 is 34.8 Å². The Morgan fingerprint density at radius 2 is 1.75 bits per heavy atom. The molecule has 4 heteroatoms. The van der Waals surface area contributed by atoms with Crippen LogP contribution in [0.25, 0.3) is 0 Å². The van der Waals surface area contributed by atoms with Crippen molar-refractivity contribution in [3.05, 3.63) is 0 Å². The number of rotatable bonds is 3. The van der Waals surface area contributed by atoms with Crippen molar-refractivity contribution in [1.82, 2.24) is 0 Å². The van der Waals surface area contributed by atoms with Crippen LogP contribution < -0.4 is 0 Å².